The molecular weight excluding hydrogens is 212 g/mol. The summed E-state index contributed by atoms with van der Waals surface area (Å²) in [6.07, 6.45) is 9.03. The lowest BCUT2D eigenvalue weighted by atomic mass is 10.0. The SMILES string of the molecule is CCCCCC(C)(O)OCC(CC)CCCC. The van der Waals surface area contributed by atoms with Crippen LogP contribution in [0.25, 0.3) is 0 Å². The Labute approximate surface area is 108 Å². The minimum atomic E-state index is -0.922. The number of hydrogen-bond acceptors (Lipinski definition) is 2. The van der Waals surface area contributed by atoms with Gasteiger partial charge in [0.15, 0.2) is 5.79 Å². The van der Waals surface area contributed by atoms with Crippen molar-refractivity contribution in [1.82, 2.24) is 0 Å². The zero-order chi connectivity index (χ0) is 13.1. The summed E-state index contributed by atoms with van der Waals surface area (Å²) >= 11 is 0. The van der Waals surface area contributed by atoms with Crippen LogP contribution < -0.4 is 0 Å². The van der Waals surface area contributed by atoms with Crippen molar-refractivity contribution in [2.45, 2.75) is 84.8 Å². The predicted octanol–water partition coefficient (Wildman–Crippen LogP) is 4.51. The first-order valence-electron chi connectivity index (χ1n) is 7.42. The third-order valence-corrected chi connectivity index (χ3v) is 3.42. The topological polar surface area (TPSA) is 29.5 Å². The molecular formula is C15H32O2. The Morgan fingerprint density at radius 2 is 1.71 bits per heavy atom. The van der Waals surface area contributed by atoms with Crippen LogP contribution in [0, 0.1) is 5.92 Å². The Hall–Kier alpha value is -0.0800. The smallest absolute Gasteiger partial charge is 0.162 e. The van der Waals surface area contributed by atoms with Gasteiger partial charge in [-0.1, -0.05) is 52.9 Å². The van der Waals surface area contributed by atoms with Crippen molar-refractivity contribution in [3.8, 4) is 0 Å². The Kier molecular flexibility index (Phi) is 9.85. The van der Waals surface area contributed by atoms with Gasteiger partial charge in [-0.25, -0.2) is 0 Å². The normalized spacial score (nSPS) is 16.8. The van der Waals surface area contributed by atoms with Gasteiger partial charge in [-0.05, 0) is 25.7 Å². The van der Waals surface area contributed by atoms with Crippen LogP contribution in [0.3, 0.4) is 0 Å². The fourth-order valence-corrected chi connectivity index (χ4v) is 1.97. The first-order valence-corrected chi connectivity index (χ1v) is 7.42. The van der Waals surface area contributed by atoms with E-state index < -0.39 is 5.79 Å². The summed E-state index contributed by atoms with van der Waals surface area (Å²) in [6, 6.07) is 0. The van der Waals surface area contributed by atoms with Crippen molar-refractivity contribution in [3.63, 3.8) is 0 Å². The maximum absolute atomic E-state index is 10.1. The van der Waals surface area contributed by atoms with Crippen molar-refractivity contribution in [2.75, 3.05) is 6.61 Å². The molecule has 0 aliphatic rings. The fourth-order valence-electron chi connectivity index (χ4n) is 1.97. The third kappa shape index (κ3) is 9.61. The lowest BCUT2D eigenvalue weighted by Crippen LogP contribution is -2.30. The molecule has 0 radical (unpaired) electrons. The second-order valence-corrected chi connectivity index (χ2v) is 5.36. The van der Waals surface area contributed by atoms with Gasteiger partial charge in [-0.3, -0.25) is 0 Å². The summed E-state index contributed by atoms with van der Waals surface area (Å²) in [5.74, 6) is -0.318. The van der Waals surface area contributed by atoms with Crippen LogP contribution in [0.4, 0.5) is 0 Å². The molecule has 0 bridgehead atoms. The van der Waals surface area contributed by atoms with Crippen molar-refractivity contribution in [2.24, 2.45) is 5.92 Å². The van der Waals surface area contributed by atoms with E-state index in [1.807, 2.05) is 0 Å². The molecule has 0 aromatic heterocycles. The molecule has 0 aromatic carbocycles. The zero-order valence-electron chi connectivity index (χ0n) is 12.3. The van der Waals surface area contributed by atoms with E-state index in [-0.39, 0.29) is 0 Å². The van der Waals surface area contributed by atoms with Gasteiger partial charge < -0.3 is 9.84 Å². The quantitative estimate of drug-likeness (QED) is 0.428. The van der Waals surface area contributed by atoms with E-state index in [0.29, 0.717) is 12.5 Å². The minimum absolute atomic E-state index is 0.604. The number of hydrogen-bond donors (Lipinski definition) is 1. The van der Waals surface area contributed by atoms with Gasteiger partial charge in [-0.2, -0.15) is 0 Å². The molecule has 0 amide bonds. The Bertz CT molecular complexity index is 166. The van der Waals surface area contributed by atoms with E-state index >= 15 is 0 Å². The van der Waals surface area contributed by atoms with Crippen molar-refractivity contribution in [3.05, 3.63) is 0 Å². The van der Waals surface area contributed by atoms with Crippen LogP contribution in [-0.4, -0.2) is 17.5 Å². The van der Waals surface area contributed by atoms with E-state index in [4.69, 9.17) is 4.74 Å². The van der Waals surface area contributed by atoms with Crippen LogP contribution in [0.15, 0.2) is 0 Å². The molecule has 0 spiro atoms. The van der Waals surface area contributed by atoms with Crippen LogP contribution in [-0.2, 0) is 4.74 Å². The van der Waals surface area contributed by atoms with Crippen molar-refractivity contribution >= 4 is 0 Å². The van der Waals surface area contributed by atoms with E-state index in [2.05, 4.69) is 20.8 Å². The Morgan fingerprint density at radius 3 is 2.24 bits per heavy atom. The summed E-state index contributed by atoms with van der Waals surface area (Å²) in [5, 5.41) is 10.1. The van der Waals surface area contributed by atoms with Gasteiger partial charge in [0.1, 0.15) is 0 Å². The summed E-state index contributed by atoms with van der Waals surface area (Å²) in [6.45, 7) is 9.10. The molecule has 0 rings (SSSR count). The third-order valence-electron chi connectivity index (χ3n) is 3.42. The Morgan fingerprint density at radius 1 is 1.06 bits per heavy atom. The lowest BCUT2D eigenvalue weighted by Gasteiger charge is -2.26. The van der Waals surface area contributed by atoms with Crippen LogP contribution in [0.5, 0.6) is 0 Å². The highest BCUT2D eigenvalue weighted by Crippen LogP contribution is 2.20. The van der Waals surface area contributed by atoms with Crippen LogP contribution >= 0.6 is 0 Å². The van der Waals surface area contributed by atoms with Gasteiger partial charge in [0, 0.05) is 6.42 Å². The first-order chi connectivity index (χ1) is 8.05. The second-order valence-electron chi connectivity index (χ2n) is 5.36. The molecule has 0 heterocycles. The second kappa shape index (κ2) is 9.90. The summed E-state index contributed by atoms with van der Waals surface area (Å²) < 4.78 is 5.68. The lowest BCUT2D eigenvalue weighted by molar-refractivity contribution is -0.202. The molecule has 0 aliphatic carbocycles. The predicted molar refractivity (Wildman–Crippen MR) is 74.0 cm³/mol. The van der Waals surface area contributed by atoms with Crippen molar-refractivity contribution < 1.29 is 9.84 Å². The van der Waals surface area contributed by atoms with E-state index in [1.54, 1.807) is 6.92 Å². The molecule has 2 atom stereocenters. The zero-order valence-corrected chi connectivity index (χ0v) is 12.3. The van der Waals surface area contributed by atoms with Gasteiger partial charge in [0.05, 0.1) is 6.61 Å². The fraction of sp³-hybridized carbons (Fsp3) is 1.00. The average molecular weight is 244 g/mol. The summed E-state index contributed by atoms with van der Waals surface area (Å²) in [5.41, 5.74) is 0. The summed E-state index contributed by atoms with van der Waals surface area (Å²) in [7, 11) is 0. The minimum Gasteiger partial charge on any atom is -0.366 e. The maximum atomic E-state index is 10.1. The molecule has 1 N–H and O–H groups in total. The van der Waals surface area contributed by atoms with Gasteiger partial charge in [0.2, 0.25) is 0 Å². The number of aliphatic hydroxyl groups is 1. The molecule has 0 aliphatic heterocycles. The largest absolute Gasteiger partial charge is 0.366 e. The number of rotatable bonds is 11. The monoisotopic (exact) mass is 244 g/mol. The molecule has 2 nitrogen and oxygen atoms in total. The molecule has 17 heavy (non-hydrogen) atoms. The highest BCUT2D eigenvalue weighted by atomic mass is 16.6. The molecule has 2 unspecified atom stereocenters. The molecule has 0 fully saturated rings. The van der Waals surface area contributed by atoms with E-state index in [1.165, 1.54) is 32.1 Å². The maximum Gasteiger partial charge on any atom is 0.162 e. The van der Waals surface area contributed by atoms with Crippen LogP contribution in [0.2, 0.25) is 0 Å². The molecule has 0 aromatic rings. The molecule has 2 heteroatoms. The number of unbranched alkanes of at least 4 members (excludes halogenated alkanes) is 3. The standard InChI is InChI=1S/C15H32O2/c1-5-8-10-12-15(4,16)17-13-14(7-3)11-9-6-2/h14,16H,5-13H2,1-4H3. The molecule has 0 saturated heterocycles. The first kappa shape index (κ1) is 16.9. The van der Waals surface area contributed by atoms with E-state index in [9.17, 15) is 5.11 Å². The van der Waals surface area contributed by atoms with Gasteiger partial charge in [0.25, 0.3) is 0 Å². The van der Waals surface area contributed by atoms with E-state index in [0.717, 1.165) is 19.3 Å². The molecule has 104 valence electrons. The average Bonchev–Trinajstić information content (AvgIpc) is 2.29. The van der Waals surface area contributed by atoms with Gasteiger partial charge in [-0.15, -0.1) is 0 Å². The highest BCUT2D eigenvalue weighted by Gasteiger charge is 2.21. The summed E-state index contributed by atoms with van der Waals surface area (Å²) in [4.78, 5) is 0. The number of ether oxygens (including phenoxy) is 1. The Balaban J connectivity index is 3.79. The van der Waals surface area contributed by atoms with Crippen LogP contribution in [0.1, 0.15) is 79.1 Å². The molecule has 0 saturated carbocycles. The van der Waals surface area contributed by atoms with Crippen molar-refractivity contribution in [1.29, 1.82) is 0 Å². The van der Waals surface area contributed by atoms with Gasteiger partial charge >= 0.3 is 0 Å². The highest BCUT2D eigenvalue weighted by molar-refractivity contribution is 4.63.